The number of hydrogen-bond donors (Lipinski definition) is 2. The first-order valence-electron chi connectivity index (χ1n) is 8.00. The number of rotatable bonds is 2. The third kappa shape index (κ3) is 3.53. The average molecular weight is 339 g/mol. The fourth-order valence-corrected chi connectivity index (χ4v) is 3.54. The molecule has 3 rings (SSSR count). The van der Waals surface area contributed by atoms with E-state index in [4.69, 9.17) is 16.3 Å². The SMILES string of the molecule is CC(C)(O)C(=O)N1CCc2cc(Cl)cc(C3COCCN3)c2C1. The molecule has 1 saturated heterocycles. The van der Waals surface area contributed by atoms with Crippen LogP contribution in [0.1, 0.15) is 36.6 Å². The van der Waals surface area contributed by atoms with Crippen LogP contribution in [0.15, 0.2) is 12.1 Å². The van der Waals surface area contributed by atoms with E-state index >= 15 is 0 Å². The van der Waals surface area contributed by atoms with Crippen molar-refractivity contribution in [3.63, 3.8) is 0 Å². The van der Waals surface area contributed by atoms with Crippen molar-refractivity contribution >= 4 is 17.5 Å². The number of amides is 1. The first-order valence-corrected chi connectivity index (χ1v) is 8.38. The second-order valence-electron chi connectivity index (χ2n) is 6.75. The van der Waals surface area contributed by atoms with Gasteiger partial charge < -0.3 is 20.1 Å². The van der Waals surface area contributed by atoms with E-state index in [1.807, 2.05) is 12.1 Å². The Balaban J connectivity index is 1.92. The predicted octanol–water partition coefficient (Wildman–Crippen LogP) is 1.66. The summed E-state index contributed by atoms with van der Waals surface area (Å²) < 4.78 is 5.57. The Labute approximate surface area is 141 Å². The van der Waals surface area contributed by atoms with Crippen molar-refractivity contribution in [1.29, 1.82) is 0 Å². The van der Waals surface area contributed by atoms with Crippen LogP contribution in [0.4, 0.5) is 0 Å². The molecule has 1 aromatic rings. The van der Waals surface area contributed by atoms with Crippen LogP contribution in [0, 0.1) is 0 Å². The molecule has 0 spiro atoms. The van der Waals surface area contributed by atoms with Gasteiger partial charge in [0.1, 0.15) is 5.60 Å². The molecular weight excluding hydrogens is 316 g/mol. The maximum atomic E-state index is 12.4. The molecular formula is C17H23ClN2O3. The van der Waals surface area contributed by atoms with Gasteiger partial charge >= 0.3 is 0 Å². The lowest BCUT2D eigenvalue weighted by atomic mass is 9.90. The van der Waals surface area contributed by atoms with Crippen LogP contribution in [0.5, 0.6) is 0 Å². The molecule has 1 aromatic carbocycles. The Bertz CT molecular complexity index is 607. The van der Waals surface area contributed by atoms with E-state index in [1.54, 1.807) is 4.90 Å². The van der Waals surface area contributed by atoms with Gasteiger partial charge in [-0.25, -0.2) is 0 Å². The Kier molecular flexibility index (Phi) is 4.65. The minimum atomic E-state index is -1.35. The molecule has 0 aromatic heterocycles. The van der Waals surface area contributed by atoms with Crippen molar-refractivity contribution in [1.82, 2.24) is 10.2 Å². The Morgan fingerprint density at radius 3 is 2.91 bits per heavy atom. The summed E-state index contributed by atoms with van der Waals surface area (Å²) in [4.78, 5) is 14.1. The Morgan fingerprint density at radius 1 is 1.48 bits per heavy atom. The Morgan fingerprint density at radius 2 is 2.26 bits per heavy atom. The monoisotopic (exact) mass is 338 g/mol. The van der Waals surface area contributed by atoms with Crippen LogP contribution in [0.3, 0.4) is 0 Å². The molecule has 1 amide bonds. The van der Waals surface area contributed by atoms with E-state index < -0.39 is 5.60 Å². The van der Waals surface area contributed by atoms with Crippen molar-refractivity contribution in [3.05, 3.63) is 33.8 Å². The van der Waals surface area contributed by atoms with E-state index in [1.165, 1.54) is 19.4 Å². The van der Waals surface area contributed by atoms with Gasteiger partial charge in [-0.2, -0.15) is 0 Å². The van der Waals surface area contributed by atoms with Crippen molar-refractivity contribution in [2.75, 3.05) is 26.3 Å². The first-order chi connectivity index (χ1) is 10.9. The summed E-state index contributed by atoms with van der Waals surface area (Å²) in [6, 6.07) is 4.04. The average Bonchev–Trinajstić information content (AvgIpc) is 2.53. The normalized spacial score (nSPS) is 21.9. The lowest BCUT2D eigenvalue weighted by Gasteiger charge is -2.36. The van der Waals surface area contributed by atoms with Crippen molar-refractivity contribution < 1.29 is 14.6 Å². The molecule has 1 fully saturated rings. The van der Waals surface area contributed by atoms with Gasteiger partial charge in [0.05, 0.1) is 19.3 Å². The number of nitrogens with one attached hydrogen (secondary N) is 1. The Hall–Kier alpha value is -1.14. The van der Waals surface area contributed by atoms with E-state index in [9.17, 15) is 9.90 Å². The molecule has 0 aliphatic carbocycles. The van der Waals surface area contributed by atoms with E-state index in [-0.39, 0.29) is 11.9 Å². The number of ether oxygens (including phenoxy) is 1. The molecule has 2 aliphatic heterocycles. The minimum Gasteiger partial charge on any atom is -0.381 e. The summed E-state index contributed by atoms with van der Waals surface area (Å²) in [5, 5.41) is 14.2. The second-order valence-corrected chi connectivity index (χ2v) is 7.19. The molecule has 6 heteroatoms. The molecule has 0 radical (unpaired) electrons. The second kappa shape index (κ2) is 6.40. The zero-order chi connectivity index (χ0) is 16.6. The smallest absolute Gasteiger partial charge is 0.254 e. The van der Waals surface area contributed by atoms with Gasteiger partial charge in [0.25, 0.3) is 5.91 Å². The van der Waals surface area contributed by atoms with Gasteiger partial charge in [0.2, 0.25) is 0 Å². The summed E-state index contributed by atoms with van der Waals surface area (Å²) >= 11 is 6.28. The lowest BCUT2D eigenvalue weighted by molar-refractivity contribution is -0.148. The number of hydrogen-bond acceptors (Lipinski definition) is 4. The predicted molar refractivity (Wildman–Crippen MR) is 88.4 cm³/mol. The quantitative estimate of drug-likeness (QED) is 0.861. The number of benzene rings is 1. The van der Waals surface area contributed by atoms with Crippen molar-refractivity contribution in [2.45, 2.75) is 38.5 Å². The fraction of sp³-hybridized carbons (Fsp3) is 0.588. The van der Waals surface area contributed by atoms with Crippen LogP contribution in [-0.4, -0.2) is 47.8 Å². The summed E-state index contributed by atoms with van der Waals surface area (Å²) in [6.45, 7) is 6.29. The first kappa shape index (κ1) is 16.7. The highest BCUT2D eigenvalue weighted by Crippen LogP contribution is 2.32. The largest absolute Gasteiger partial charge is 0.381 e. The topological polar surface area (TPSA) is 61.8 Å². The van der Waals surface area contributed by atoms with Gasteiger partial charge in [-0.1, -0.05) is 11.6 Å². The van der Waals surface area contributed by atoms with Crippen molar-refractivity contribution in [2.24, 2.45) is 0 Å². The third-order valence-corrected chi connectivity index (χ3v) is 4.67. The minimum absolute atomic E-state index is 0.0911. The molecule has 5 nitrogen and oxygen atoms in total. The summed E-state index contributed by atoms with van der Waals surface area (Å²) in [6.07, 6.45) is 0.748. The molecule has 1 unspecified atom stereocenters. The molecule has 0 bridgehead atoms. The molecule has 1 atom stereocenters. The third-order valence-electron chi connectivity index (χ3n) is 4.45. The number of carbonyl (C=O) groups excluding carboxylic acids is 1. The van der Waals surface area contributed by atoms with E-state index in [0.29, 0.717) is 31.3 Å². The van der Waals surface area contributed by atoms with Gasteiger partial charge in [0.15, 0.2) is 0 Å². The standard InChI is InChI=1S/C17H23ClN2O3/c1-17(2,22)16(21)20-5-3-11-7-12(18)8-13(14(11)9-20)15-10-23-6-4-19-15/h7-8,15,19,22H,3-6,9-10H2,1-2H3. The number of nitrogens with zero attached hydrogens (tertiary/aromatic N) is 1. The van der Waals surface area contributed by atoms with Gasteiger partial charge in [-0.3, -0.25) is 4.79 Å². The van der Waals surface area contributed by atoms with Gasteiger partial charge in [-0.05, 0) is 49.1 Å². The maximum absolute atomic E-state index is 12.4. The number of carbonyl (C=O) groups is 1. The molecule has 2 aliphatic rings. The van der Waals surface area contributed by atoms with Crippen LogP contribution >= 0.6 is 11.6 Å². The molecule has 0 saturated carbocycles. The maximum Gasteiger partial charge on any atom is 0.254 e. The van der Waals surface area contributed by atoms with Crippen LogP contribution in [0.25, 0.3) is 0 Å². The van der Waals surface area contributed by atoms with E-state index in [2.05, 4.69) is 5.32 Å². The zero-order valence-corrected chi connectivity index (χ0v) is 14.3. The molecule has 23 heavy (non-hydrogen) atoms. The zero-order valence-electron chi connectivity index (χ0n) is 13.6. The fourth-order valence-electron chi connectivity index (χ4n) is 3.29. The molecule has 2 N–H and O–H groups in total. The van der Waals surface area contributed by atoms with Gasteiger partial charge in [0, 0.05) is 24.7 Å². The number of morpholine rings is 1. The van der Waals surface area contributed by atoms with Gasteiger partial charge in [-0.15, -0.1) is 0 Å². The molecule has 2 heterocycles. The summed E-state index contributed by atoms with van der Waals surface area (Å²) in [5.74, 6) is -0.239. The molecule has 126 valence electrons. The van der Waals surface area contributed by atoms with E-state index in [0.717, 1.165) is 24.1 Å². The number of fused-ring (bicyclic) bond motifs is 1. The summed E-state index contributed by atoms with van der Waals surface area (Å²) in [5.41, 5.74) is 2.05. The van der Waals surface area contributed by atoms with Crippen LogP contribution in [0.2, 0.25) is 5.02 Å². The highest BCUT2D eigenvalue weighted by molar-refractivity contribution is 6.30. The summed E-state index contributed by atoms with van der Waals surface area (Å²) in [7, 11) is 0. The number of aliphatic hydroxyl groups is 1. The van der Waals surface area contributed by atoms with Crippen LogP contribution in [-0.2, 0) is 22.5 Å². The highest BCUT2D eigenvalue weighted by atomic mass is 35.5. The number of halogens is 1. The van der Waals surface area contributed by atoms with Crippen LogP contribution < -0.4 is 5.32 Å². The lowest BCUT2D eigenvalue weighted by Crippen LogP contribution is -2.47. The highest BCUT2D eigenvalue weighted by Gasteiger charge is 2.33. The van der Waals surface area contributed by atoms with Crippen molar-refractivity contribution in [3.8, 4) is 0 Å².